The number of anilines is 1. The molecule has 0 saturated carbocycles. The minimum atomic E-state index is -0.136. The van der Waals surface area contributed by atoms with E-state index < -0.39 is 0 Å². The molecule has 0 radical (unpaired) electrons. The van der Waals surface area contributed by atoms with Crippen molar-refractivity contribution in [3.05, 3.63) is 95.8 Å². The van der Waals surface area contributed by atoms with E-state index in [-0.39, 0.29) is 5.91 Å². The molecular formula is C23H25N3O. The molecular weight excluding hydrogens is 334 g/mol. The standard InChI is InChI=1S/C23H25N3O/c1-2-26(18-20-11-7-4-8-12-20)21-14-16-24-22(17-21)23(27)25-15-13-19-9-5-3-6-10-19/h3-12,14,16-17H,2,13,15,18H2,1H3,(H,25,27). The van der Waals surface area contributed by atoms with Gasteiger partial charge in [0, 0.05) is 31.5 Å². The molecule has 3 rings (SSSR count). The Morgan fingerprint density at radius 3 is 2.30 bits per heavy atom. The van der Waals surface area contributed by atoms with Crippen LogP contribution in [0.3, 0.4) is 0 Å². The quantitative estimate of drug-likeness (QED) is 0.659. The minimum Gasteiger partial charge on any atom is -0.367 e. The van der Waals surface area contributed by atoms with E-state index in [1.54, 1.807) is 6.20 Å². The molecule has 138 valence electrons. The third kappa shape index (κ3) is 5.42. The van der Waals surface area contributed by atoms with Crippen molar-refractivity contribution in [2.45, 2.75) is 19.9 Å². The van der Waals surface area contributed by atoms with Crippen LogP contribution in [0.5, 0.6) is 0 Å². The topological polar surface area (TPSA) is 45.2 Å². The first-order valence-electron chi connectivity index (χ1n) is 9.33. The predicted molar refractivity (Wildman–Crippen MR) is 110 cm³/mol. The van der Waals surface area contributed by atoms with Gasteiger partial charge in [-0.2, -0.15) is 0 Å². The molecule has 0 bridgehead atoms. The van der Waals surface area contributed by atoms with Gasteiger partial charge in [0.15, 0.2) is 0 Å². The van der Waals surface area contributed by atoms with Gasteiger partial charge in [-0.05, 0) is 36.6 Å². The number of benzene rings is 2. The number of amides is 1. The molecule has 0 aliphatic heterocycles. The lowest BCUT2D eigenvalue weighted by Crippen LogP contribution is -2.27. The second-order valence-electron chi connectivity index (χ2n) is 6.39. The van der Waals surface area contributed by atoms with Crippen molar-refractivity contribution in [2.75, 3.05) is 18.0 Å². The third-order valence-corrected chi connectivity index (χ3v) is 4.48. The Morgan fingerprint density at radius 1 is 0.963 bits per heavy atom. The zero-order valence-corrected chi connectivity index (χ0v) is 15.6. The number of rotatable bonds is 8. The Labute approximate surface area is 160 Å². The van der Waals surface area contributed by atoms with Crippen molar-refractivity contribution in [2.24, 2.45) is 0 Å². The van der Waals surface area contributed by atoms with E-state index in [0.29, 0.717) is 12.2 Å². The van der Waals surface area contributed by atoms with Crippen molar-refractivity contribution in [3.8, 4) is 0 Å². The summed E-state index contributed by atoms with van der Waals surface area (Å²) in [5, 5.41) is 2.96. The molecule has 1 N–H and O–H groups in total. The van der Waals surface area contributed by atoms with Gasteiger partial charge in [0.05, 0.1) is 0 Å². The second kappa shape index (κ2) is 9.53. The molecule has 1 amide bonds. The lowest BCUT2D eigenvalue weighted by Gasteiger charge is -2.23. The molecule has 3 aromatic rings. The summed E-state index contributed by atoms with van der Waals surface area (Å²) in [5.41, 5.74) is 3.90. The third-order valence-electron chi connectivity index (χ3n) is 4.48. The Balaban J connectivity index is 1.62. The molecule has 0 atom stereocenters. The van der Waals surface area contributed by atoms with Gasteiger partial charge in [0.2, 0.25) is 0 Å². The van der Waals surface area contributed by atoms with Gasteiger partial charge in [-0.1, -0.05) is 60.7 Å². The summed E-state index contributed by atoms with van der Waals surface area (Å²) in [7, 11) is 0. The average Bonchev–Trinajstić information content (AvgIpc) is 2.73. The lowest BCUT2D eigenvalue weighted by molar-refractivity contribution is 0.0949. The van der Waals surface area contributed by atoms with E-state index in [1.165, 1.54) is 11.1 Å². The Bertz CT molecular complexity index is 850. The van der Waals surface area contributed by atoms with Crippen LogP contribution < -0.4 is 10.2 Å². The van der Waals surface area contributed by atoms with Crippen LogP contribution in [0.2, 0.25) is 0 Å². The smallest absolute Gasteiger partial charge is 0.269 e. The lowest BCUT2D eigenvalue weighted by atomic mass is 10.1. The number of nitrogens with one attached hydrogen (secondary N) is 1. The largest absolute Gasteiger partial charge is 0.367 e. The highest BCUT2D eigenvalue weighted by Gasteiger charge is 2.11. The average molecular weight is 359 g/mol. The zero-order valence-electron chi connectivity index (χ0n) is 15.6. The summed E-state index contributed by atoms with van der Waals surface area (Å²) in [6, 6.07) is 24.3. The molecule has 2 aromatic carbocycles. The summed E-state index contributed by atoms with van der Waals surface area (Å²) in [6.45, 7) is 4.36. The molecule has 27 heavy (non-hydrogen) atoms. The Hall–Kier alpha value is -3.14. The van der Waals surface area contributed by atoms with Crippen molar-refractivity contribution in [1.29, 1.82) is 0 Å². The van der Waals surface area contributed by atoms with Gasteiger partial charge in [-0.3, -0.25) is 9.78 Å². The molecule has 1 heterocycles. The molecule has 4 heteroatoms. The van der Waals surface area contributed by atoms with Crippen molar-refractivity contribution in [3.63, 3.8) is 0 Å². The Morgan fingerprint density at radius 2 is 1.63 bits per heavy atom. The van der Waals surface area contributed by atoms with Crippen LogP contribution in [0.1, 0.15) is 28.5 Å². The van der Waals surface area contributed by atoms with Crippen LogP contribution in [-0.4, -0.2) is 24.0 Å². The highest BCUT2D eigenvalue weighted by molar-refractivity contribution is 5.93. The number of carbonyl (C=O) groups excluding carboxylic acids is 1. The summed E-state index contributed by atoms with van der Waals surface area (Å²) >= 11 is 0. The molecule has 0 aliphatic carbocycles. The number of carbonyl (C=O) groups is 1. The fourth-order valence-corrected chi connectivity index (χ4v) is 2.99. The first-order chi connectivity index (χ1) is 13.3. The van der Waals surface area contributed by atoms with Crippen LogP contribution in [0.15, 0.2) is 79.0 Å². The minimum absolute atomic E-state index is 0.136. The fraction of sp³-hybridized carbons (Fsp3) is 0.217. The fourth-order valence-electron chi connectivity index (χ4n) is 2.99. The molecule has 0 saturated heterocycles. The van der Waals surface area contributed by atoms with Gasteiger partial charge >= 0.3 is 0 Å². The van der Waals surface area contributed by atoms with E-state index >= 15 is 0 Å². The predicted octanol–water partition coefficient (Wildman–Crippen LogP) is 4.08. The normalized spacial score (nSPS) is 10.4. The molecule has 4 nitrogen and oxygen atoms in total. The number of nitrogens with zero attached hydrogens (tertiary/aromatic N) is 2. The molecule has 0 spiro atoms. The highest BCUT2D eigenvalue weighted by Crippen LogP contribution is 2.17. The monoisotopic (exact) mass is 359 g/mol. The number of aromatic nitrogens is 1. The number of hydrogen-bond acceptors (Lipinski definition) is 3. The van der Waals surface area contributed by atoms with Gasteiger partial charge in [0.1, 0.15) is 5.69 Å². The van der Waals surface area contributed by atoms with Gasteiger partial charge in [-0.25, -0.2) is 0 Å². The molecule has 0 aliphatic rings. The van der Waals surface area contributed by atoms with Crippen LogP contribution in [0.4, 0.5) is 5.69 Å². The first kappa shape index (κ1) is 18.6. The molecule has 0 unspecified atom stereocenters. The van der Waals surface area contributed by atoms with Crippen molar-refractivity contribution < 1.29 is 4.79 Å². The van der Waals surface area contributed by atoms with Crippen molar-refractivity contribution >= 4 is 11.6 Å². The summed E-state index contributed by atoms with van der Waals surface area (Å²) in [6.07, 6.45) is 2.51. The van der Waals surface area contributed by atoms with Crippen LogP contribution in [0.25, 0.3) is 0 Å². The van der Waals surface area contributed by atoms with Crippen LogP contribution in [0, 0.1) is 0 Å². The van der Waals surface area contributed by atoms with E-state index in [0.717, 1.165) is 25.2 Å². The van der Waals surface area contributed by atoms with Crippen LogP contribution >= 0.6 is 0 Å². The van der Waals surface area contributed by atoms with Gasteiger partial charge < -0.3 is 10.2 Å². The van der Waals surface area contributed by atoms with E-state index in [9.17, 15) is 4.79 Å². The van der Waals surface area contributed by atoms with Gasteiger partial charge in [-0.15, -0.1) is 0 Å². The molecule has 1 aromatic heterocycles. The summed E-state index contributed by atoms with van der Waals surface area (Å²) < 4.78 is 0. The number of hydrogen-bond donors (Lipinski definition) is 1. The zero-order chi connectivity index (χ0) is 18.9. The van der Waals surface area contributed by atoms with Crippen molar-refractivity contribution in [1.82, 2.24) is 10.3 Å². The Kier molecular flexibility index (Phi) is 6.58. The summed E-state index contributed by atoms with van der Waals surface area (Å²) in [5.74, 6) is -0.136. The first-order valence-corrected chi connectivity index (χ1v) is 9.33. The summed E-state index contributed by atoms with van der Waals surface area (Å²) in [4.78, 5) is 18.9. The van der Waals surface area contributed by atoms with E-state index in [1.807, 2.05) is 48.5 Å². The molecule has 0 fully saturated rings. The number of pyridine rings is 1. The second-order valence-corrected chi connectivity index (χ2v) is 6.39. The SMILES string of the molecule is CCN(Cc1ccccc1)c1ccnc(C(=O)NCCc2ccccc2)c1. The van der Waals surface area contributed by atoms with E-state index in [4.69, 9.17) is 0 Å². The van der Waals surface area contributed by atoms with Crippen LogP contribution in [-0.2, 0) is 13.0 Å². The maximum atomic E-state index is 12.5. The maximum absolute atomic E-state index is 12.5. The van der Waals surface area contributed by atoms with Gasteiger partial charge in [0.25, 0.3) is 5.91 Å². The van der Waals surface area contributed by atoms with E-state index in [2.05, 4.69) is 46.4 Å². The highest BCUT2D eigenvalue weighted by atomic mass is 16.1. The maximum Gasteiger partial charge on any atom is 0.269 e.